The highest BCUT2D eigenvalue weighted by atomic mass is 16.2. The summed E-state index contributed by atoms with van der Waals surface area (Å²) >= 11 is 0. The van der Waals surface area contributed by atoms with Gasteiger partial charge in [-0.3, -0.25) is 9.59 Å². The highest BCUT2D eigenvalue weighted by molar-refractivity contribution is 5.96. The minimum Gasteiger partial charge on any atom is -0.384 e. The van der Waals surface area contributed by atoms with Gasteiger partial charge in [-0.05, 0) is 24.6 Å². The van der Waals surface area contributed by atoms with Crippen molar-refractivity contribution in [2.45, 2.75) is 13.3 Å². The van der Waals surface area contributed by atoms with Crippen LogP contribution in [0.15, 0.2) is 18.2 Å². The van der Waals surface area contributed by atoms with E-state index in [1.165, 1.54) is 4.90 Å². The van der Waals surface area contributed by atoms with Crippen molar-refractivity contribution in [1.29, 1.82) is 0 Å². The fraction of sp³-hybridized carbons (Fsp3) is 0.375. The molecule has 0 radical (unpaired) electrons. The van der Waals surface area contributed by atoms with Crippen LogP contribution in [0.1, 0.15) is 27.9 Å². The number of nitrogens with one attached hydrogen (secondary N) is 1. The van der Waals surface area contributed by atoms with Gasteiger partial charge in [-0.25, -0.2) is 0 Å². The van der Waals surface area contributed by atoms with E-state index in [0.29, 0.717) is 17.7 Å². The lowest BCUT2D eigenvalue weighted by molar-refractivity contribution is -0.128. The largest absolute Gasteiger partial charge is 0.384 e. The Bertz CT molecular complexity index is 583. The molecular formula is C16H20N2O3. The van der Waals surface area contributed by atoms with Crippen molar-refractivity contribution in [1.82, 2.24) is 10.2 Å². The number of carbonyl (C=O) groups excluding carboxylic acids is 2. The number of carbonyl (C=O) groups is 2. The first-order valence-corrected chi connectivity index (χ1v) is 6.65. The second kappa shape index (κ2) is 8.08. The summed E-state index contributed by atoms with van der Waals surface area (Å²) in [5, 5.41) is 11.4. The summed E-state index contributed by atoms with van der Waals surface area (Å²) in [5.41, 5.74) is 1.99. The van der Waals surface area contributed by atoms with E-state index in [2.05, 4.69) is 17.2 Å². The number of nitrogens with zero attached hydrogens (tertiary/aromatic N) is 1. The predicted octanol–water partition coefficient (Wildman–Crippen LogP) is 0.547. The maximum Gasteiger partial charge on any atom is 0.251 e. The van der Waals surface area contributed by atoms with Crippen LogP contribution in [0.5, 0.6) is 0 Å². The van der Waals surface area contributed by atoms with Crippen LogP contribution in [-0.4, -0.2) is 49.1 Å². The highest BCUT2D eigenvalue weighted by Gasteiger charge is 2.11. The van der Waals surface area contributed by atoms with Crippen LogP contribution in [0.3, 0.4) is 0 Å². The van der Waals surface area contributed by atoms with E-state index < -0.39 is 0 Å². The number of rotatable bonds is 4. The van der Waals surface area contributed by atoms with Crippen LogP contribution in [0.2, 0.25) is 0 Å². The third-order valence-electron chi connectivity index (χ3n) is 3.00. The molecule has 2 N–H and O–H groups in total. The number of benzene rings is 1. The fourth-order valence-electron chi connectivity index (χ4n) is 1.75. The summed E-state index contributed by atoms with van der Waals surface area (Å²) < 4.78 is 0. The van der Waals surface area contributed by atoms with Gasteiger partial charge in [-0.15, -0.1) is 0 Å². The van der Waals surface area contributed by atoms with Crippen molar-refractivity contribution in [2.24, 2.45) is 0 Å². The minimum atomic E-state index is -0.230. The molecule has 0 aliphatic carbocycles. The van der Waals surface area contributed by atoms with Gasteiger partial charge in [0.25, 0.3) is 5.91 Å². The number of aliphatic hydroxyl groups excluding tert-OH is 1. The Balaban J connectivity index is 2.73. The van der Waals surface area contributed by atoms with Gasteiger partial charge in [0.2, 0.25) is 5.91 Å². The van der Waals surface area contributed by atoms with Gasteiger partial charge in [-0.2, -0.15) is 0 Å². The van der Waals surface area contributed by atoms with Crippen LogP contribution in [0, 0.1) is 18.8 Å². The molecule has 1 aromatic carbocycles. The summed E-state index contributed by atoms with van der Waals surface area (Å²) in [6, 6.07) is 5.25. The van der Waals surface area contributed by atoms with E-state index in [9.17, 15) is 9.59 Å². The molecule has 5 nitrogen and oxygen atoms in total. The van der Waals surface area contributed by atoms with Gasteiger partial charge in [-0.1, -0.05) is 17.9 Å². The molecule has 0 aliphatic rings. The number of amides is 2. The monoisotopic (exact) mass is 288 g/mol. The third kappa shape index (κ3) is 4.93. The van der Waals surface area contributed by atoms with E-state index in [-0.39, 0.29) is 24.8 Å². The smallest absolute Gasteiger partial charge is 0.251 e. The molecule has 0 bridgehead atoms. The van der Waals surface area contributed by atoms with Gasteiger partial charge in [0.05, 0.1) is 0 Å². The molecule has 5 heteroatoms. The molecule has 0 saturated carbocycles. The lowest BCUT2D eigenvalue weighted by Crippen LogP contribution is -2.30. The van der Waals surface area contributed by atoms with Crippen molar-refractivity contribution in [2.75, 3.05) is 27.2 Å². The van der Waals surface area contributed by atoms with Crippen molar-refractivity contribution >= 4 is 11.8 Å². The molecule has 0 heterocycles. The summed E-state index contributed by atoms with van der Waals surface area (Å²) in [6.45, 7) is 1.88. The highest BCUT2D eigenvalue weighted by Crippen LogP contribution is 2.12. The summed E-state index contributed by atoms with van der Waals surface area (Å²) in [5.74, 6) is 5.11. The van der Waals surface area contributed by atoms with E-state index in [4.69, 9.17) is 5.11 Å². The average molecular weight is 288 g/mol. The molecular weight excluding hydrogens is 268 g/mol. The standard InChI is InChI=1S/C16H20N2O3/c1-12-13(7-5-11-19)6-4-8-14(12)16(21)17-10-9-15(20)18(2)3/h4,6,8,19H,9-11H2,1-3H3,(H,17,21). The first-order chi connectivity index (χ1) is 9.97. The fourth-order valence-corrected chi connectivity index (χ4v) is 1.75. The SMILES string of the molecule is Cc1c(C#CCO)cccc1C(=O)NCCC(=O)N(C)C. The second-order valence-corrected chi connectivity index (χ2v) is 4.73. The van der Waals surface area contributed by atoms with Crippen LogP contribution in [-0.2, 0) is 4.79 Å². The molecule has 0 aliphatic heterocycles. The van der Waals surface area contributed by atoms with E-state index in [1.54, 1.807) is 39.2 Å². The van der Waals surface area contributed by atoms with E-state index in [1.807, 2.05) is 0 Å². The van der Waals surface area contributed by atoms with Gasteiger partial charge >= 0.3 is 0 Å². The van der Waals surface area contributed by atoms with Crippen LogP contribution >= 0.6 is 0 Å². The number of hydrogen-bond donors (Lipinski definition) is 2. The Hall–Kier alpha value is -2.32. The normalized spacial score (nSPS) is 9.52. The minimum absolute atomic E-state index is 0.0328. The summed E-state index contributed by atoms with van der Waals surface area (Å²) in [6.07, 6.45) is 0.266. The molecule has 1 aromatic rings. The summed E-state index contributed by atoms with van der Waals surface area (Å²) in [7, 11) is 3.36. The zero-order valence-corrected chi connectivity index (χ0v) is 12.6. The second-order valence-electron chi connectivity index (χ2n) is 4.73. The zero-order valence-electron chi connectivity index (χ0n) is 12.6. The molecule has 0 atom stereocenters. The molecule has 0 saturated heterocycles. The maximum atomic E-state index is 12.1. The van der Waals surface area contributed by atoms with Crippen LogP contribution in [0.25, 0.3) is 0 Å². The van der Waals surface area contributed by atoms with Crippen molar-refractivity contribution in [3.05, 3.63) is 34.9 Å². The van der Waals surface area contributed by atoms with E-state index in [0.717, 1.165) is 5.56 Å². The molecule has 0 fully saturated rings. The van der Waals surface area contributed by atoms with Crippen molar-refractivity contribution in [3.8, 4) is 11.8 Å². The topological polar surface area (TPSA) is 69.6 Å². The Labute approximate surface area is 125 Å². The first kappa shape index (κ1) is 16.7. The lowest BCUT2D eigenvalue weighted by atomic mass is 10.0. The Morgan fingerprint density at radius 1 is 1.33 bits per heavy atom. The quantitative estimate of drug-likeness (QED) is 0.795. The van der Waals surface area contributed by atoms with Gasteiger partial charge in [0.1, 0.15) is 6.61 Å². The Kier molecular flexibility index (Phi) is 6.44. The van der Waals surface area contributed by atoms with Gasteiger partial charge in [0.15, 0.2) is 0 Å². The Morgan fingerprint density at radius 3 is 2.67 bits per heavy atom. The molecule has 0 aromatic heterocycles. The Morgan fingerprint density at radius 2 is 2.05 bits per heavy atom. The summed E-state index contributed by atoms with van der Waals surface area (Å²) in [4.78, 5) is 25.0. The molecule has 112 valence electrons. The van der Waals surface area contributed by atoms with Gasteiger partial charge in [0, 0.05) is 38.2 Å². The number of aliphatic hydroxyl groups is 1. The molecule has 0 unspecified atom stereocenters. The number of hydrogen-bond acceptors (Lipinski definition) is 3. The van der Waals surface area contributed by atoms with Crippen LogP contribution < -0.4 is 5.32 Å². The van der Waals surface area contributed by atoms with E-state index >= 15 is 0 Å². The van der Waals surface area contributed by atoms with Crippen molar-refractivity contribution in [3.63, 3.8) is 0 Å². The average Bonchev–Trinajstić information content (AvgIpc) is 2.45. The van der Waals surface area contributed by atoms with Crippen molar-refractivity contribution < 1.29 is 14.7 Å². The molecule has 1 rings (SSSR count). The van der Waals surface area contributed by atoms with Crippen LogP contribution in [0.4, 0.5) is 0 Å². The molecule has 2 amide bonds. The zero-order chi connectivity index (χ0) is 15.8. The molecule has 21 heavy (non-hydrogen) atoms. The lowest BCUT2D eigenvalue weighted by Gasteiger charge is -2.11. The third-order valence-corrected chi connectivity index (χ3v) is 3.00. The predicted molar refractivity (Wildman–Crippen MR) is 80.8 cm³/mol. The van der Waals surface area contributed by atoms with Gasteiger partial charge < -0.3 is 15.3 Å². The maximum absolute atomic E-state index is 12.1. The first-order valence-electron chi connectivity index (χ1n) is 6.65. The molecule has 0 spiro atoms.